The van der Waals surface area contributed by atoms with Gasteiger partial charge in [0, 0.05) is 39.3 Å². The van der Waals surface area contributed by atoms with Gasteiger partial charge in [-0.05, 0) is 44.2 Å². The highest BCUT2D eigenvalue weighted by molar-refractivity contribution is 14.0. The van der Waals surface area contributed by atoms with Crippen molar-refractivity contribution in [1.82, 2.24) is 15.5 Å². The Labute approximate surface area is 182 Å². The maximum absolute atomic E-state index is 5.66. The maximum Gasteiger partial charge on any atom is 0.191 e. The topological polar surface area (TPSA) is 48.9 Å². The molecule has 1 fully saturated rings. The van der Waals surface area contributed by atoms with Crippen molar-refractivity contribution < 1.29 is 4.74 Å². The lowest BCUT2D eigenvalue weighted by molar-refractivity contribution is 0.0532. The van der Waals surface area contributed by atoms with Crippen molar-refractivity contribution in [3.8, 4) is 0 Å². The number of ether oxygens (including phenoxy) is 1. The van der Waals surface area contributed by atoms with Gasteiger partial charge >= 0.3 is 0 Å². The summed E-state index contributed by atoms with van der Waals surface area (Å²) in [5.41, 5.74) is 2.74. The number of hydrogen-bond donors (Lipinski definition) is 2. The number of likely N-dealkylation sites (tertiary alicyclic amines) is 1. The molecule has 0 atom stereocenters. The number of rotatable bonds is 8. The van der Waals surface area contributed by atoms with Crippen LogP contribution in [0, 0.1) is 0 Å². The first-order valence-corrected chi connectivity index (χ1v) is 10.00. The van der Waals surface area contributed by atoms with Gasteiger partial charge in [0.1, 0.15) is 0 Å². The van der Waals surface area contributed by atoms with Crippen LogP contribution in [0.25, 0.3) is 0 Å². The van der Waals surface area contributed by atoms with Crippen molar-refractivity contribution in [3.05, 3.63) is 35.4 Å². The highest BCUT2D eigenvalue weighted by Gasteiger charge is 2.19. The predicted octanol–water partition coefficient (Wildman–Crippen LogP) is 3.42. The van der Waals surface area contributed by atoms with Crippen molar-refractivity contribution in [2.45, 2.75) is 58.7 Å². The molecule has 27 heavy (non-hydrogen) atoms. The molecule has 0 unspecified atom stereocenters. The number of hydrogen-bond acceptors (Lipinski definition) is 3. The molecule has 1 aromatic carbocycles. The third-order valence-electron chi connectivity index (χ3n) is 4.96. The van der Waals surface area contributed by atoms with Crippen LogP contribution in [-0.2, 0) is 17.7 Å². The van der Waals surface area contributed by atoms with Crippen molar-refractivity contribution in [1.29, 1.82) is 0 Å². The average Bonchev–Trinajstić information content (AvgIpc) is 2.66. The van der Waals surface area contributed by atoms with Gasteiger partial charge in [0.25, 0.3) is 0 Å². The Morgan fingerprint density at radius 1 is 1.22 bits per heavy atom. The third kappa shape index (κ3) is 8.79. The summed E-state index contributed by atoms with van der Waals surface area (Å²) in [6.45, 7) is 11.3. The number of nitrogens with one attached hydrogen (secondary N) is 2. The molecule has 154 valence electrons. The molecule has 1 aliphatic rings. The van der Waals surface area contributed by atoms with E-state index in [0.717, 1.165) is 58.0 Å². The molecule has 0 aliphatic carbocycles. The number of halogens is 1. The van der Waals surface area contributed by atoms with Gasteiger partial charge in [0.05, 0.1) is 12.7 Å². The van der Waals surface area contributed by atoms with Crippen LogP contribution in [0.1, 0.15) is 44.7 Å². The van der Waals surface area contributed by atoms with Gasteiger partial charge in [-0.3, -0.25) is 4.99 Å². The quantitative estimate of drug-likeness (QED) is 0.335. The van der Waals surface area contributed by atoms with Gasteiger partial charge in [0.15, 0.2) is 5.96 Å². The summed E-state index contributed by atoms with van der Waals surface area (Å²) in [7, 11) is 1.85. The fourth-order valence-corrected chi connectivity index (χ4v) is 3.36. The normalized spacial score (nSPS) is 16.3. The summed E-state index contributed by atoms with van der Waals surface area (Å²) in [5.74, 6) is 0.900. The summed E-state index contributed by atoms with van der Waals surface area (Å²) in [6.07, 6.45) is 3.67. The molecule has 0 bridgehead atoms. The fraction of sp³-hybridized carbons (Fsp3) is 0.667. The van der Waals surface area contributed by atoms with Crippen LogP contribution in [0.5, 0.6) is 0 Å². The van der Waals surface area contributed by atoms with E-state index in [4.69, 9.17) is 4.74 Å². The van der Waals surface area contributed by atoms with Gasteiger partial charge in [-0.2, -0.15) is 0 Å². The lowest BCUT2D eigenvalue weighted by Crippen LogP contribution is -2.49. The molecule has 0 amide bonds. The molecule has 2 rings (SSSR count). The summed E-state index contributed by atoms with van der Waals surface area (Å²) in [5, 5.41) is 7.06. The SMILES string of the molecule is CCc1ccccc1CNC(=NC)NC1CCN(CCOC(C)C)CC1.I. The minimum absolute atomic E-state index is 0. The van der Waals surface area contributed by atoms with E-state index in [1.807, 2.05) is 7.05 Å². The van der Waals surface area contributed by atoms with Crippen LogP contribution in [0.2, 0.25) is 0 Å². The van der Waals surface area contributed by atoms with Crippen LogP contribution < -0.4 is 10.6 Å². The summed E-state index contributed by atoms with van der Waals surface area (Å²) >= 11 is 0. The van der Waals surface area contributed by atoms with E-state index in [2.05, 4.69) is 65.6 Å². The minimum Gasteiger partial charge on any atom is -0.377 e. The largest absolute Gasteiger partial charge is 0.377 e. The van der Waals surface area contributed by atoms with Crippen LogP contribution in [-0.4, -0.2) is 56.3 Å². The van der Waals surface area contributed by atoms with E-state index in [-0.39, 0.29) is 24.0 Å². The highest BCUT2D eigenvalue weighted by atomic mass is 127. The van der Waals surface area contributed by atoms with Crippen molar-refractivity contribution in [2.75, 3.05) is 33.3 Å². The Bertz CT molecular complexity index is 557. The molecule has 1 heterocycles. The molecule has 0 aromatic heterocycles. The van der Waals surface area contributed by atoms with E-state index in [1.165, 1.54) is 11.1 Å². The zero-order valence-electron chi connectivity index (χ0n) is 17.3. The molecule has 0 spiro atoms. The van der Waals surface area contributed by atoms with Crippen LogP contribution in [0.3, 0.4) is 0 Å². The third-order valence-corrected chi connectivity index (χ3v) is 4.96. The number of piperidine rings is 1. The van der Waals surface area contributed by atoms with Crippen molar-refractivity contribution >= 4 is 29.9 Å². The van der Waals surface area contributed by atoms with Crippen molar-refractivity contribution in [2.24, 2.45) is 4.99 Å². The van der Waals surface area contributed by atoms with Crippen LogP contribution >= 0.6 is 24.0 Å². The van der Waals surface area contributed by atoms with Gasteiger partial charge in [0.2, 0.25) is 0 Å². The van der Waals surface area contributed by atoms with E-state index in [1.54, 1.807) is 0 Å². The Morgan fingerprint density at radius 3 is 2.48 bits per heavy atom. The van der Waals surface area contributed by atoms with E-state index in [9.17, 15) is 0 Å². The first kappa shape index (κ1) is 24.2. The number of nitrogens with zero attached hydrogens (tertiary/aromatic N) is 2. The molecular formula is C21H37IN4O. The van der Waals surface area contributed by atoms with E-state index < -0.39 is 0 Å². The second-order valence-corrected chi connectivity index (χ2v) is 7.23. The zero-order chi connectivity index (χ0) is 18.8. The maximum atomic E-state index is 5.66. The number of aliphatic imine (C=N–C) groups is 1. The van der Waals surface area contributed by atoms with Crippen molar-refractivity contribution in [3.63, 3.8) is 0 Å². The molecule has 6 heteroatoms. The minimum atomic E-state index is 0. The predicted molar refractivity (Wildman–Crippen MR) is 125 cm³/mol. The van der Waals surface area contributed by atoms with E-state index in [0.29, 0.717) is 12.1 Å². The Hall–Kier alpha value is -0.860. The number of guanidine groups is 1. The van der Waals surface area contributed by atoms with Crippen LogP contribution in [0.4, 0.5) is 0 Å². The number of aryl methyl sites for hydroxylation is 1. The Balaban J connectivity index is 0.00000364. The van der Waals surface area contributed by atoms with Gasteiger partial charge in [-0.15, -0.1) is 24.0 Å². The molecule has 5 nitrogen and oxygen atoms in total. The Morgan fingerprint density at radius 2 is 1.89 bits per heavy atom. The second-order valence-electron chi connectivity index (χ2n) is 7.23. The monoisotopic (exact) mass is 488 g/mol. The summed E-state index contributed by atoms with van der Waals surface area (Å²) in [4.78, 5) is 6.90. The molecule has 1 aliphatic heterocycles. The molecule has 1 aromatic rings. The van der Waals surface area contributed by atoms with Gasteiger partial charge < -0.3 is 20.3 Å². The smallest absolute Gasteiger partial charge is 0.191 e. The molecule has 0 radical (unpaired) electrons. The van der Waals surface area contributed by atoms with Gasteiger partial charge in [-0.1, -0.05) is 31.2 Å². The number of benzene rings is 1. The first-order valence-electron chi connectivity index (χ1n) is 10.00. The first-order chi connectivity index (χ1) is 12.6. The lowest BCUT2D eigenvalue weighted by Gasteiger charge is -2.33. The molecule has 0 saturated carbocycles. The molecule has 2 N–H and O–H groups in total. The molecule has 1 saturated heterocycles. The average molecular weight is 488 g/mol. The summed E-state index contributed by atoms with van der Waals surface area (Å²) in [6, 6.07) is 9.09. The zero-order valence-corrected chi connectivity index (χ0v) is 19.7. The van der Waals surface area contributed by atoms with Crippen LogP contribution in [0.15, 0.2) is 29.3 Å². The summed E-state index contributed by atoms with van der Waals surface area (Å²) < 4.78 is 5.66. The van der Waals surface area contributed by atoms with Gasteiger partial charge in [-0.25, -0.2) is 0 Å². The lowest BCUT2D eigenvalue weighted by atomic mass is 10.0. The second kappa shape index (κ2) is 13.3. The molecular weight excluding hydrogens is 451 g/mol. The highest BCUT2D eigenvalue weighted by Crippen LogP contribution is 2.11. The fourth-order valence-electron chi connectivity index (χ4n) is 3.36. The van der Waals surface area contributed by atoms with E-state index >= 15 is 0 Å². The standard InChI is InChI=1S/C21H36N4O.HI/c1-5-18-8-6-7-9-19(18)16-23-21(22-4)24-20-10-12-25(13-11-20)14-15-26-17(2)3;/h6-9,17,20H,5,10-16H2,1-4H3,(H2,22,23,24);1H. The Kier molecular flexibility index (Phi) is 11.9.